The van der Waals surface area contributed by atoms with Crippen LogP contribution in [0.15, 0.2) is 24.3 Å². The second kappa shape index (κ2) is 5.99. The number of thiocarbonyl (C=S) groups is 1. The van der Waals surface area contributed by atoms with Gasteiger partial charge in [0.2, 0.25) is 0 Å². The number of rotatable bonds is 3. The van der Waals surface area contributed by atoms with E-state index in [1.807, 2.05) is 31.2 Å². The highest BCUT2D eigenvalue weighted by atomic mass is 32.1. The highest BCUT2D eigenvalue weighted by Gasteiger charge is 2.19. The molecule has 0 aliphatic carbocycles. The first kappa shape index (κ1) is 13.8. The van der Waals surface area contributed by atoms with Gasteiger partial charge in [-0.05, 0) is 25.2 Å². The molecule has 1 aromatic heterocycles. The fourth-order valence-corrected chi connectivity index (χ4v) is 3.05. The summed E-state index contributed by atoms with van der Waals surface area (Å²) in [5.41, 5.74) is 0.707. The third-order valence-electron chi connectivity index (χ3n) is 2.54. The molecule has 0 spiro atoms. The summed E-state index contributed by atoms with van der Waals surface area (Å²) < 4.78 is 5.83. The fraction of sp³-hybridized carbons (Fsp3) is 0.231. The van der Waals surface area contributed by atoms with Crippen LogP contribution in [-0.4, -0.2) is 24.7 Å². The molecule has 2 aromatic rings. The van der Waals surface area contributed by atoms with Crippen LogP contribution >= 0.6 is 23.6 Å². The number of hydrogen-bond acceptors (Lipinski definition) is 4. The van der Waals surface area contributed by atoms with E-state index >= 15 is 0 Å². The lowest BCUT2D eigenvalue weighted by molar-refractivity contribution is 0.0607. The van der Waals surface area contributed by atoms with E-state index in [1.54, 1.807) is 0 Å². The Hall–Kier alpha value is -1.66. The minimum absolute atomic E-state index is 0.358. The van der Waals surface area contributed by atoms with Crippen molar-refractivity contribution < 1.29 is 9.53 Å². The van der Waals surface area contributed by atoms with E-state index < -0.39 is 0 Å². The van der Waals surface area contributed by atoms with Crippen molar-refractivity contribution in [2.45, 2.75) is 6.92 Å². The molecule has 6 heteroatoms. The van der Waals surface area contributed by atoms with Gasteiger partial charge in [-0.2, -0.15) is 0 Å². The Balaban J connectivity index is 2.48. The second-order valence-electron chi connectivity index (χ2n) is 3.78. The normalized spacial score (nSPS) is 10.2. The molecule has 0 aliphatic rings. The van der Waals surface area contributed by atoms with Crippen molar-refractivity contribution >= 4 is 50.4 Å². The largest absolute Gasteiger partial charge is 0.465 e. The number of benzene rings is 1. The maximum Gasteiger partial charge on any atom is 0.350 e. The number of fused-ring (bicyclic) bond motifs is 1. The molecule has 2 N–H and O–H groups in total. The molecular weight excluding hydrogens is 280 g/mol. The minimum atomic E-state index is -0.358. The molecule has 0 bridgehead atoms. The van der Waals surface area contributed by atoms with Gasteiger partial charge in [0, 0.05) is 16.6 Å². The smallest absolute Gasteiger partial charge is 0.350 e. The Labute approximate surface area is 120 Å². The Kier molecular flexibility index (Phi) is 4.34. The first-order valence-corrected chi connectivity index (χ1v) is 7.04. The fourth-order valence-electron chi connectivity index (χ4n) is 1.72. The number of carbonyl (C=O) groups is 1. The van der Waals surface area contributed by atoms with E-state index in [1.165, 1.54) is 18.4 Å². The summed E-state index contributed by atoms with van der Waals surface area (Å²) in [5.74, 6) is -0.358. The van der Waals surface area contributed by atoms with Crippen molar-refractivity contribution in [3.8, 4) is 0 Å². The van der Waals surface area contributed by atoms with Gasteiger partial charge in [-0.1, -0.05) is 18.2 Å². The second-order valence-corrected chi connectivity index (χ2v) is 5.24. The molecule has 0 fully saturated rings. The zero-order valence-corrected chi connectivity index (χ0v) is 12.3. The predicted molar refractivity (Wildman–Crippen MR) is 83.1 cm³/mol. The monoisotopic (exact) mass is 294 g/mol. The number of nitrogens with one attached hydrogen (secondary N) is 2. The van der Waals surface area contributed by atoms with E-state index in [4.69, 9.17) is 17.0 Å². The average Bonchev–Trinajstić information content (AvgIpc) is 2.77. The van der Waals surface area contributed by atoms with Crippen molar-refractivity contribution in [1.29, 1.82) is 0 Å². The standard InChI is InChI=1S/C13H14N2O2S2/c1-3-14-13(18)15-10-8-6-4-5-7-9(8)19-11(10)12(16)17-2/h4-7H,3H2,1-2H3,(H2,14,15,18). The third kappa shape index (κ3) is 2.85. The van der Waals surface area contributed by atoms with Gasteiger partial charge in [-0.3, -0.25) is 0 Å². The molecule has 0 amide bonds. The number of thiophene rings is 1. The number of anilines is 1. The Morgan fingerprint density at radius 1 is 1.42 bits per heavy atom. The maximum absolute atomic E-state index is 11.8. The first-order valence-electron chi connectivity index (χ1n) is 5.82. The maximum atomic E-state index is 11.8. The van der Waals surface area contributed by atoms with Crippen LogP contribution in [-0.2, 0) is 4.74 Å². The molecule has 1 heterocycles. The molecule has 0 radical (unpaired) electrons. The van der Waals surface area contributed by atoms with Crippen LogP contribution < -0.4 is 10.6 Å². The van der Waals surface area contributed by atoms with E-state index in [2.05, 4.69) is 10.6 Å². The quantitative estimate of drug-likeness (QED) is 0.673. The molecule has 1 aromatic carbocycles. The third-order valence-corrected chi connectivity index (χ3v) is 3.94. The van der Waals surface area contributed by atoms with Crippen molar-refractivity contribution in [3.63, 3.8) is 0 Å². The lowest BCUT2D eigenvalue weighted by Crippen LogP contribution is -2.28. The van der Waals surface area contributed by atoms with Gasteiger partial charge >= 0.3 is 5.97 Å². The lowest BCUT2D eigenvalue weighted by Gasteiger charge is -2.09. The molecule has 19 heavy (non-hydrogen) atoms. The van der Waals surface area contributed by atoms with E-state index in [-0.39, 0.29) is 5.97 Å². The molecular formula is C13H14N2O2S2. The summed E-state index contributed by atoms with van der Waals surface area (Å²) in [6.07, 6.45) is 0. The summed E-state index contributed by atoms with van der Waals surface area (Å²) in [6.45, 7) is 2.68. The molecule has 0 saturated heterocycles. The van der Waals surface area contributed by atoms with Crippen LogP contribution in [0.3, 0.4) is 0 Å². The number of ether oxygens (including phenoxy) is 1. The van der Waals surface area contributed by atoms with Gasteiger partial charge in [0.05, 0.1) is 12.8 Å². The molecule has 2 rings (SSSR count). The Bertz CT molecular complexity index is 622. The van der Waals surface area contributed by atoms with Crippen LogP contribution in [0.2, 0.25) is 0 Å². The number of carbonyl (C=O) groups excluding carboxylic acids is 1. The highest BCUT2D eigenvalue weighted by Crippen LogP contribution is 2.36. The van der Waals surface area contributed by atoms with Crippen molar-refractivity contribution in [1.82, 2.24) is 5.32 Å². The van der Waals surface area contributed by atoms with Crippen LogP contribution in [0.1, 0.15) is 16.6 Å². The Morgan fingerprint density at radius 2 is 2.16 bits per heavy atom. The SMILES string of the molecule is CCNC(=S)Nc1c(C(=O)OC)sc2ccccc12. The van der Waals surface area contributed by atoms with Gasteiger partial charge in [-0.25, -0.2) is 4.79 Å². The average molecular weight is 294 g/mol. The van der Waals surface area contributed by atoms with Crippen LogP contribution in [0.5, 0.6) is 0 Å². The molecule has 4 nitrogen and oxygen atoms in total. The Morgan fingerprint density at radius 3 is 2.84 bits per heavy atom. The summed E-state index contributed by atoms with van der Waals surface area (Å²) in [4.78, 5) is 12.4. The number of esters is 1. The van der Waals surface area contributed by atoms with Crippen molar-refractivity contribution in [2.24, 2.45) is 0 Å². The molecule has 100 valence electrons. The molecule has 0 atom stereocenters. The molecule has 0 aliphatic heterocycles. The molecule has 0 unspecified atom stereocenters. The van der Waals surface area contributed by atoms with Gasteiger partial charge in [0.1, 0.15) is 4.88 Å². The molecule has 0 saturated carbocycles. The summed E-state index contributed by atoms with van der Waals surface area (Å²) >= 11 is 6.57. The van der Waals surface area contributed by atoms with E-state index in [0.29, 0.717) is 15.7 Å². The van der Waals surface area contributed by atoms with Crippen molar-refractivity contribution in [3.05, 3.63) is 29.1 Å². The van der Waals surface area contributed by atoms with Crippen LogP contribution in [0.25, 0.3) is 10.1 Å². The van der Waals surface area contributed by atoms with Gasteiger partial charge < -0.3 is 15.4 Å². The number of hydrogen-bond donors (Lipinski definition) is 2. The van der Waals surface area contributed by atoms with Gasteiger partial charge in [-0.15, -0.1) is 11.3 Å². The summed E-state index contributed by atoms with van der Waals surface area (Å²) in [7, 11) is 1.37. The summed E-state index contributed by atoms with van der Waals surface area (Å²) in [6, 6.07) is 7.78. The lowest BCUT2D eigenvalue weighted by atomic mass is 10.2. The zero-order valence-electron chi connectivity index (χ0n) is 10.6. The van der Waals surface area contributed by atoms with Gasteiger partial charge in [0.25, 0.3) is 0 Å². The highest BCUT2D eigenvalue weighted by molar-refractivity contribution is 7.80. The zero-order chi connectivity index (χ0) is 13.8. The van der Waals surface area contributed by atoms with Gasteiger partial charge in [0.15, 0.2) is 5.11 Å². The predicted octanol–water partition coefficient (Wildman–Crippen LogP) is 2.99. The number of methoxy groups -OCH3 is 1. The van der Waals surface area contributed by atoms with Crippen LogP contribution in [0.4, 0.5) is 5.69 Å². The summed E-state index contributed by atoms with van der Waals surface area (Å²) in [5, 5.41) is 7.55. The van der Waals surface area contributed by atoms with Crippen molar-refractivity contribution in [2.75, 3.05) is 19.0 Å². The van der Waals surface area contributed by atoms with E-state index in [0.717, 1.165) is 16.6 Å². The van der Waals surface area contributed by atoms with Crippen LogP contribution in [0, 0.1) is 0 Å². The minimum Gasteiger partial charge on any atom is -0.465 e. The first-order chi connectivity index (χ1) is 9.17. The topological polar surface area (TPSA) is 50.4 Å². The van der Waals surface area contributed by atoms with E-state index in [9.17, 15) is 4.79 Å².